The van der Waals surface area contributed by atoms with Crippen LogP contribution >= 0.6 is 15.9 Å². The highest BCUT2D eigenvalue weighted by Crippen LogP contribution is 2.23. The Morgan fingerprint density at radius 1 is 1.35 bits per heavy atom. The smallest absolute Gasteiger partial charge is 0.0470 e. The van der Waals surface area contributed by atoms with Crippen LogP contribution in [0.1, 0.15) is 38.3 Å². The van der Waals surface area contributed by atoms with Crippen molar-refractivity contribution < 1.29 is 0 Å². The quantitative estimate of drug-likeness (QED) is 0.834. The number of halogens is 1. The minimum atomic E-state index is 0.337. The molecule has 0 bridgehead atoms. The average molecular weight is 299 g/mol. The van der Waals surface area contributed by atoms with E-state index in [4.69, 9.17) is 5.73 Å². The van der Waals surface area contributed by atoms with E-state index in [0.29, 0.717) is 12.6 Å². The fourth-order valence-corrected chi connectivity index (χ4v) is 2.52. The minimum absolute atomic E-state index is 0.337. The summed E-state index contributed by atoms with van der Waals surface area (Å²) in [6.45, 7) is 7.28. The van der Waals surface area contributed by atoms with Crippen LogP contribution in [0.4, 0.5) is 0 Å². The third-order valence-corrected chi connectivity index (χ3v) is 3.60. The summed E-state index contributed by atoms with van der Waals surface area (Å²) in [6.07, 6.45) is 2.46. The van der Waals surface area contributed by atoms with Crippen molar-refractivity contribution in [2.24, 2.45) is 5.73 Å². The average Bonchev–Trinajstić information content (AvgIpc) is 2.34. The highest BCUT2D eigenvalue weighted by molar-refractivity contribution is 9.10. The van der Waals surface area contributed by atoms with Gasteiger partial charge in [-0.05, 0) is 37.2 Å². The molecule has 0 fully saturated rings. The van der Waals surface area contributed by atoms with Gasteiger partial charge in [-0.2, -0.15) is 0 Å². The molecular weight excluding hydrogens is 276 g/mol. The van der Waals surface area contributed by atoms with Gasteiger partial charge in [-0.1, -0.05) is 48.3 Å². The zero-order valence-electron chi connectivity index (χ0n) is 10.8. The first-order valence-corrected chi connectivity index (χ1v) is 7.21. The van der Waals surface area contributed by atoms with E-state index in [1.54, 1.807) is 0 Å². The van der Waals surface area contributed by atoms with Crippen molar-refractivity contribution >= 4 is 15.9 Å². The van der Waals surface area contributed by atoms with Gasteiger partial charge in [-0.25, -0.2) is 0 Å². The first-order valence-electron chi connectivity index (χ1n) is 6.42. The van der Waals surface area contributed by atoms with Crippen LogP contribution in [0.25, 0.3) is 0 Å². The van der Waals surface area contributed by atoms with Gasteiger partial charge in [-0.15, -0.1) is 0 Å². The fraction of sp³-hybridized carbons (Fsp3) is 0.571. The predicted molar refractivity (Wildman–Crippen MR) is 78.1 cm³/mol. The lowest BCUT2D eigenvalue weighted by atomic mass is 10.0. The van der Waals surface area contributed by atoms with Crippen LogP contribution in [-0.2, 0) is 0 Å². The molecule has 1 aromatic rings. The lowest BCUT2D eigenvalue weighted by Crippen LogP contribution is -2.34. The number of rotatable bonds is 7. The van der Waals surface area contributed by atoms with Gasteiger partial charge in [0.05, 0.1) is 0 Å². The number of nitrogens with zero attached hydrogens (tertiary/aromatic N) is 1. The van der Waals surface area contributed by atoms with Crippen LogP contribution in [0.5, 0.6) is 0 Å². The van der Waals surface area contributed by atoms with E-state index in [9.17, 15) is 0 Å². The summed E-state index contributed by atoms with van der Waals surface area (Å²) in [6, 6.07) is 8.81. The first kappa shape index (κ1) is 14.7. The Balaban J connectivity index is 2.81. The Kier molecular flexibility index (Phi) is 6.78. The number of hydrogen-bond acceptors (Lipinski definition) is 2. The number of hydrogen-bond donors (Lipinski definition) is 1. The third-order valence-electron chi connectivity index (χ3n) is 3.10. The van der Waals surface area contributed by atoms with Gasteiger partial charge in [-0.3, -0.25) is 4.90 Å². The summed E-state index contributed by atoms with van der Waals surface area (Å²) in [4.78, 5) is 2.46. The summed E-state index contributed by atoms with van der Waals surface area (Å²) in [5, 5.41) is 0. The Labute approximate surface area is 113 Å². The summed E-state index contributed by atoms with van der Waals surface area (Å²) in [5.74, 6) is 0. The number of likely N-dealkylation sites (N-methyl/N-ethyl adjacent to an activating group) is 1. The maximum Gasteiger partial charge on any atom is 0.0470 e. The second kappa shape index (κ2) is 7.85. The van der Waals surface area contributed by atoms with Gasteiger partial charge in [0.15, 0.2) is 0 Å². The van der Waals surface area contributed by atoms with Crippen molar-refractivity contribution in [2.75, 3.05) is 19.6 Å². The molecule has 96 valence electrons. The van der Waals surface area contributed by atoms with Crippen LogP contribution in [0.15, 0.2) is 28.7 Å². The monoisotopic (exact) mass is 298 g/mol. The Hall–Kier alpha value is -0.380. The highest BCUT2D eigenvalue weighted by atomic mass is 79.9. The van der Waals surface area contributed by atoms with Crippen LogP contribution in [0.3, 0.4) is 0 Å². The van der Waals surface area contributed by atoms with Crippen LogP contribution in [-0.4, -0.2) is 24.5 Å². The highest BCUT2D eigenvalue weighted by Gasteiger charge is 2.17. The van der Waals surface area contributed by atoms with E-state index in [1.807, 2.05) is 0 Å². The zero-order chi connectivity index (χ0) is 12.7. The number of benzene rings is 1. The van der Waals surface area contributed by atoms with Gasteiger partial charge >= 0.3 is 0 Å². The summed E-state index contributed by atoms with van der Waals surface area (Å²) in [7, 11) is 0. The zero-order valence-corrected chi connectivity index (χ0v) is 12.4. The van der Waals surface area contributed by atoms with E-state index in [1.165, 1.54) is 18.4 Å². The summed E-state index contributed by atoms with van der Waals surface area (Å²) >= 11 is 3.52. The minimum Gasteiger partial charge on any atom is -0.329 e. The van der Waals surface area contributed by atoms with Crippen molar-refractivity contribution in [1.29, 1.82) is 0 Å². The van der Waals surface area contributed by atoms with Crippen LogP contribution in [0, 0.1) is 0 Å². The fourth-order valence-electron chi connectivity index (χ4n) is 2.11. The Morgan fingerprint density at radius 2 is 2.12 bits per heavy atom. The summed E-state index contributed by atoms with van der Waals surface area (Å²) in [5.41, 5.74) is 7.25. The first-order chi connectivity index (χ1) is 8.22. The molecule has 17 heavy (non-hydrogen) atoms. The molecular formula is C14H23BrN2. The van der Waals surface area contributed by atoms with Crippen molar-refractivity contribution in [3.8, 4) is 0 Å². The molecule has 1 unspecified atom stereocenters. The molecule has 0 heterocycles. The molecule has 0 spiro atoms. The standard InChI is InChI=1S/C14H23BrN2/c1-3-5-9-17(4-2)14(11-16)12-7-6-8-13(15)10-12/h6-8,10,14H,3-5,9,11,16H2,1-2H3. The molecule has 0 aliphatic rings. The Morgan fingerprint density at radius 3 is 2.65 bits per heavy atom. The molecule has 3 heteroatoms. The molecule has 0 amide bonds. The molecule has 0 aromatic heterocycles. The molecule has 0 aliphatic carbocycles. The maximum atomic E-state index is 5.95. The SMILES string of the molecule is CCCCN(CC)C(CN)c1cccc(Br)c1. The number of unbranched alkanes of at least 4 members (excludes halogenated alkanes) is 1. The van der Waals surface area contributed by atoms with Crippen molar-refractivity contribution in [3.05, 3.63) is 34.3 Å². The topological polar surface area (TPSA) is 29.3 Å². The Bertz CT molecular complexity index is 328. The van der Waals surface area contributed by atoms with Crippen molar-refractivity contribution in [3.63, 3.8) is 0 Å². The van der Waals surface area contributed by atoms with E-state index in [-0.39, 0.29) is 0 Å². The molecule has 0 saturated carbocycles. The lowest BCUT2D eigenvalue weighted by molar-refractivity contribution is 0.209. The third kappa shape index (κ3) is 4.41. The van der Waals surface area contributed by atoms with Gasteiger partial charge in [0.25, 0.3) is 0 Å². The van der Waals surface area contributed by atoms with E-state index < -0.39 is 0 Å². The van der Waals surface area contributed by atoms with Crippen LogP contribution < -0.4 is 5.73 Å². The molecule has 1 rings (SSSR count). The normalized spacial score (nSPS) is 13.0. The molecule has 0 aliphatic heterocycles. The molecule has 0 radical (unpaired) electrons. The molecule has 1 atom stereocenters. The molecule has 2 N–H and O–H groups in total. The van der Waals surface area contributed by atoms with E-state index in [0.717, 1.165) is 17.6 Å². The predicted octanol–water partition coefficient (Wildman–Crippen LogP) is 3.57. The van der Waals surface area contributed by atoms with Gasteiger partial charge in [0.2, 0.25) is 0 Å². The van der Waals surface area contributed by atoms with E-state index >= 15 is 0 Å². The van der Waals surface area contributed by atoms with Gasteiger partial charge in [0, 0.05) is 17.1 Å². The maximum absolute atomic E-state index is 5.95. The molecule has 0 saturated heterocycles. The number of nitrogens with two attached hydrogens (primary N) is 1. The van der Waals surface area contributed by atoms with Crippen LogP contribution in [0.2, 0.25) is 0 Å². The van der Waals surface area contributed by atoms with Crippen molar-refractivity contribution in [2.45, 2.75) is 32.7 Å². The lowest BCUT2D eigenvalue weighted by Gasteiger charge is -2.30. The largest absolute Gasteiger partial charge is 0.329 e. The van der Waals surface area contributed by atoms with Gasteiger partial charge < -0.3 is 5.73 Å². The second-order valence-electron chi connectivity index (χ2n) is 4.29. The molecule has 1 aromatic carbocycles. The van der Waals surface area contributed by atoms with E-state index in [2.05, 4.69) is 58.9 Å². The van der Waals surface area contributed by atoms with Gasteiger partial charge in [0.1, 0.15) is 0 Å². The summed E-state index contributed by atoms with van der Waals surface area (Å²) < 4.78 is 1.12. The van der Waals surface area contributed by atoms with Crippen molar-refractivity contribution in [1.82, 2.24) is 4.90 Å². The second-order valence-corrected chi connectivity index (χ2v) is 5.20. The molecule has 2 nitrogen and oxygen atoms in total.